The minimum Gasteiger partial charge on any atom is -0.299 e. The van der Waals surface area contributed by atoms with E-state index in [1.54, 1.807) is 34.6 Å². The largest absolute Gasteiger partial charge is 0.523 e. The molecule has 0 aliphatic carbocycles. The predicted molar refractivity (Wildman–Crippen MR) is 78.7 cm³/mol. The molecule has 21 heavy (non-hydrogen) atoms. The van der Waals surface area contributed by atoms with Crippen LogP contribution in [0.5, 0.6) is 0 Å². The van der Waals surface area contributed by atoms with E-state index >= 15 is 0 Å². The van der Waals surface area contributed by atoms with E-state index in [2.05, 4.69) is 3.63 Å². The van der Waals surface area contributed by atoms with Gasteiger partial charge in [-0.25, -0.2) is 3.63 Å². The molecule has 0 aromatic carbocycles. The smallest absolute Gasteiger partial charge is 0.299 e. The molecule has 0 aliphatic rings. The third-order valence-corrected chi connectivity index (χ3v) is 9.27. The summed E-state index contributed by atoms with van der Waals surface area (Å²) in [4.78, 5) is 11.9. The first-order chi connectivity index (χ1) is 9.30. The van der Waals surface area contributed by atoms with Crippen molar-refractivity contribution >= 4 is 26.2 Å². The van der Waals surface area contributed by atoms with Crippen molar-refractivity contribution in [2.45, 2.75) is 63.5 Å². The van der Waals surface area contributed by atoms with E-state index in [0.29, 0.717) is 6.42 Å². The Balaban J connectivity index is 5.68. The molecule has 0 N–H and O–H groups in total. The molecule has 0 bridgehead atoms. The van der Waals surface area contributed by atoms with Crippen molar-refractivity contribution in [3.05, 3.63) is 0 Å². The van der Waals surface area contributed by atoms with Crippen LogP contribution in [0.2, 0.25) is 0 Å². The second kappa shape index (κ2) is 7.32. The van der Waals surface area contributed by atoms with E-state index in [4.69, 9.17) is 0 Å². The monoisotopic (exact) mass is 352 g/mol. The van der Waals surface area contributed by atoms with Gasteiger partial charge in [0, 0.05) is 16.9 Å². The van der Waals surface area contributed by atoms with E-state index in [9.17, 15) is 26.4 Å². The summed E-state index contributed by atoms with van der Waals surface area (Å²) in [5, 5.41) is -0.981. The van der Waals surface area contributed by atoms with Crippen LogP contribution in [0.25, 0.3) is 0 Å². The molecule has 0 unspecified atom stereocenters. The lowest BCUT2D eigenvalue weighted by Gasteiger charge is -2.45. The minimum absolute atomic E-state index is 0.198. The Hall–Kier alpha value is -0.280. The zero-order chi connectivity index (χ0) is 17.1. The lowest BCUT2D eigenvalue weighted by Crippen LogP contribution is -2.36. The Labute approximate surface area is 126 Å². The molecular weight excluding hydrogens is 329 g/mol. The molecule has 0 aromatic rings. The normalized spacial score (nSPS) is 14.8. The Morgan fingerprint density at radius 2 is 1.52 bits per heavy atom. The highest BCUT2D eigenvalue weighted by Gasteiger charge is 2.52. The molecule has 0 atom stereocenters. The van der Waals surface area contributed by atoms with Crippen LogP contribution in [0.15, 0.2) is 0 Å². The first kappa shape index (κ1) is 20.7. The maximum absolute atomic E-state index is 12.6. The van der Waals surface area contributed by atoms with E-state index in [1.165, 1.54) is 0 Å². The highest BCUT2D eigenvalue weighted by Crippen LogP contribution is 2.60. The third kappa shape index (κ3) is 5.14. The summed E-state index contributed by atoms with van der Waals surface area (Å²) in [7, 11) is -8.47. The number of alkyl halides is 3. The summed E-state index contributed by atoms with van der Waals surface area (Å²) in [6.07, 6.45) is 0.750. The number of rotatable bonds is 8. The number of hydrogen-bond acceptors (Lipinski definition) is 4. The van der Waals surface area contributed by atoms with Crippen molar-refractivity contribution in [3.8, 4) is 0 Å². The summed E-state index contributed by atoms with van der Waals surface area (Å²) in [5.41, 5.74) is -5.48. The van der Waals surface area contributed by atoms with Crippen molar-refractivity contribution in [2.24, 2.45) is 0 Å². The van der Waals surface area contributed by atoms with Gasteiger partial charge in [0.15, 0.2) is 0 Å². The van der Waals surface area contributed by atoms with Crippen molar-refractivity contribution in [2.75, 3.05) is 5.75 Å². The second-order valence-electron chi connectivity index (χ2n) is 5.28. The van der Waals surface area contributed by atoms with Crippen LogP contribution in [0.3, 0.4) is 0 Å². The first-order valence-electron chi connectivity index (χ1n) is 6.63. The second-order valence-corrected chi connectivity index (χ2v) is 10.9. The van der Waals surface area contributed by atoms with Crippen LogP contribution in [-0.4, -0.2) is 36.0 Å². The zero-order valence-electron chi connectivity index (χ0n) is 12.9. The fraction of sp³-hybridized carbons (Fsp3) is 0.917. The molecule has 0 rings (SSSR count). The number of ketones is 1. The fourth-order valence-electron chi connectivity index (χ4n) is 1.87. The Kier molecular flexibility index (Phi) is 7.23. The predicted octanol–water partition coefficient (Wildman–Crippen LogP) is 3.76. The summed E-state index contributed by atoms with van der Waals surface area (Å²) in [6, 6.07) is 0. The van der Waals surface area contributed by atoms with Gasteiger partial charge in [0.1, 0.15) is 5.78 Å². The van der Waals surface area contributed by atoms with Crippen molar-refractivity contribution in [1.82, 2.24) is 0 Å². The molecule has 0 radical (unpaired) electrons. The first-order valence-corrected chi connectivity index (χ1v) is 9.89. The quantitative estimate of drug-likeness (QED) is 0.624. The molecule has 0 heterocycles. The van der Waals surface area contributed by atoms with E-state index < -0.39 is 36.4 Å². The van der Waals surface area contributed by atoms with Gasteiger partial charge in [0.05, 0.1) is 5.75 Å². The number of carbonyl (C=O) groups is 1. The van der Waals surface area contributed by atoms with E-state index in [0.717, 1.165) is 0 Å². The molecule has 4 nitrogen and oxygen atoms in total. The Morgan fingerprint density at radius 3 is 1.81 bits per heavy atom. The van der Waals surface area contributed by atoms with E-state index in [1.807, 2.05) is 0 Å². The molecule has 0 amide bonds. The molecule has 128 valence electrons. The van der Waals surface area contributed by atoms with Gasteiger partial charge in [-0.05, 0) is 6.42 Å². The Bertz CT molecular complexity index is 448. The molecule has 0 aromatic heterocycles. The zero-order valence-corrected chi connectivity index (χ0v) is 14.5. The maximum atomic E-state index is 12.6. The highest BCUT2D eigenvalue weighted by atomic mass is 32.3. The highest BCUT2D eigenvalue weighted by molar-refractivity contribution is 8.34. The van der Waals surface area contributed by atoms with Crippen LogP contribution >= 0.6 is 10.3 Å². The lowest BCUT2D eigenvalue weighted by atomic mass is 10.3. The minimum atomic E-state index is -5.72. The Morgan fingerprint density at radius 1 is 1.10 bits per heavy atom. The molecule has 0 fully saturated rings. The topological polar surface area (TPSA) is 60.4 Å². The average Bonchev–Trinajstić information content (AvgIpc) is 2.25. The number of halogens is 3. The van der Waals surface area contributed by atoms with Crippen LogP contribution < -0.4 is 0 Å². The fourth-order valence-corrected chi connectivity index (χ4v) is 7.36. The lowest BCUT2D eigenvalue weighted by molar-refractivity contribution is -0.116. The van der Waals surface area contributed by atoms with Crippen molar-refractivity contribution in [3.63, 3.8) is 0 Å². The maximum Gasteiger partial charge on any atom is 0.523 e. The molecule has 0 aliphatic heterocycles. The van der Waals surface area contributed by atoms with Gasteiger partial charge < -0.3 is 0 Å². The van der Waals surface area contributed by atoms with Crippen molar-refractivity contribution in [1.29, 1.82) is 0 Å². The summed E-state index contributed by atoms with van der Waals surface area (Å²) >= 11 is 0. The van der Waals surface area contributed by atoms with Crippen LogP contribution in [-0.2, 0) is 18.5 Å². The van der Waals surface area contributed by atoms with Gasteiger partial charge in [-0.3, -0.25) is 4.79 Å². The molecule has 0 saturated carbocycles. The van der Waals surface area contributed by atoms with Gasteiger partial charge in [0.2, 0.25) is 0 Å². The average molecular weight is 352 g/mol. The van der Waals surface area contributed by atoms with Crippen LogP contribution in [0.4, 0.5) is 13.2 Å². The van der Waals surface area contributed by atoms with Gasteiger partial charge in [-0.15, -0.1) is 10.3 Å². The summed E-state index contributed by atoms with van der Waals surface area (Å²) < 4.78 is 65.2. The van der Waals surface area contributed by atoms with Gasteiger partial charge >= 0.3 is 15.6 Å². The number of carbonyl (C=O) groups excluding carboxylic acids is 1. The number of hydrogen-bond donors (Lipinski definition) is 0. The van der Waals surface area contributed by atoms with Crippen LogP contribution in [0.1, 0.15) is 47.5 Å². The van der Waals surface area contributed by atoms with E-state index in [-0.39, 0.29) is 18.0 Å². The SMILES string of the molecule is CCCC(=O)CS(OS(=O)(=O)C(F)(F)F)(C(C)C)C(C)C. The standard InChI is InChI=1S/C12H23F3O4S2/c1-6-7-11(16)8-20(9(2)3,10(4)5)19-21(17,18)12(13,14)15/h9-10H,6-8H2,1-5H3. The van der Waals surface area contributed by atoms with Crippen LogP contribution in [0, 0.1) is 0 Å². The molecule has 0 spiro atoms. The van der Waals surface area contributed by atoms with Crippen molar-refractivity contribution < 1.29 is 30.0 Å². The molecule has 0 saturated heterocycles. The van der Waals surface area contributed by atoms with Gasteiger partial charge in [-0.1, -0.05) is 34.6 Å². The molecule has 9 heteroatoms. The van der Waals surface area contributed by atoms with Gasteiger partial charge in [-0.2, -0.15) is 21.6 Å². The number of Topliss-reactive ketones (excluding diaryl/α,β-unsaturated/α-hetero) is 1. The van der Waals surface area contributed by atoms with Gasteiger partial charge in [0.25, 0.3) is 0 Å². The summed E-state index contributed by atoms with van der Waals surface area (Å²) in [6.45, 7) is 8.11. The summed E-state index contributed by atoms with van der Waals surface area (Å²) in [5.74, 6) is -0.543. The third-order valence-electron chi connectivity index (χ3n) is 3.01. The molecular formula is C12H23F3O4S2.